The number of pyridine rings is 1. The molecule has 0 unspecified atom stereocenters. The van der Waals surface area contributed by atoms with E-state index in [-0.39, 0.29) is 16.3 Å². The van der Waals surface area contributed by atoms with Crippen LogP contribution in [0.3, 0.4) is 0 Å². The molecule has 0 aliphatic rings. The summed E-state index contributed by atoms with van der Waals surface area (Å²) >= 11 is 5.96. The number of benzene rings is 1. The molecule has 19 heavy (non-hydrogen) atoms. The van der Waals surface area contributed by atoms with Crippen molar-refractivity contribution in [3.63, 3.8) is 0 Å². The second-order valence-corrected chi connectivity index (χ2v) is 4.06. The van der Waals surface area contributed by atoms with Gasteiger partial charge in [-0.15, -0.1) is 0 Å². The molecule has 0 saturated carbocycles. The Balaban J connectivity index is 2.39. The second-order valence-electron chi connectivity index (χ2n) is 3.68. The number of halogens is 4. The molecule has 0 aliphatic carbocycles. The zero-order valence-corrected chi connectivity index (χ0v) is 10.1. The van der Waals surface area contributed by atoms with Gasteiger partial charge in [0, 0.05) is 11.6 Å². The van der Waals surface area contributed by atoms with E-state index < -0.39 is 12.8 Å². The van der Waals surface area contributed by atoms with Crippen LogP contribution >= 0.6 is 11.6 Å². The average molecular weight is 287 g/mol. The van der Waals surface area contributed by atoms with Crippen molar-refractivity contribution in [3.8, 4) is 11.8 Å². The van der Waals surface area contributed by atoms with Crippen molar-refractivity contribution < 1.29 is 17.9 Å². The molecule has 1 heterocycles. The first kappa shape index (κ1) is 13.4. The first-order chi connectivity index (χ1) is 8.90. The molecule has 0 fully saturated rings. The maximum atomic E-state index is 12.0. The molecule has 2 aromatic rings. The SMILES string of the molecule is N#Cc1cnc2ccc(OCC(F)(F)F)cc2c1Cl. The largest absolute Gasteiger partial charge is 0.484 e. The van der Waals surface area contributed by atoms with E-state index >= 15 is 0 Å². The fraction of sp³-hybridized carbons (Fsp3) is 0.167. The number of hydrogen-bond acceptors (Lipinski definition) is 3. The monoisotopic (exact) mass is 286 g/mol. The van der Waals surface area contributed by atoms with Crippen molar-refractivity contribution in [2.24, 2.45) is 0 Å². The third kappa shape index (κ3) is 3.06. The van der Waals surface area contributed by atoms with Gasteiger partial charge in [0.2, 0.25) is 0 Å². The predicted molar refractivity (Wildman–Crippen MR) is 63.0 cm³/mol. The zero-order chi connectivity index (χ0) is 14.0. The predicted octanol–water partition coefficient (Wildman–Crippen LogP) is 3.70. The first-order valence-corrected chi connectivity index (χ1v) is 5.46. The highest BCUT2D eigenvalue weighted by Crippen LogP contribution is 2.29. The molecule has 1 aromatic carbocycles. The third-order valence-electron chi connectivity index (χ3n) is 2.30. The minimum absolute atomic E-state index is 0.0172. The molecule has 0 aliphatic heterocycles. The Labute approximate surface area is 111 Å². The van der Waals surface area contributed by atoms with E-state index in [4.69, 9.17) is 16.9 Å². The maximum absolute atomic E-state index is 12.0. The van der Waals surface area contributed by atoms with Gasteiger partial charge in [-0.3, -0.25) is 4.98 Å². The number of ether oxygens (including phenoxy) is 1. The topological polar surface area (TPSA) is 45.9 Å². The van der Waals surface area contributed by atoms with Crippen LogP contribution in [-0.2, 0) is 0 Å². The van der Waals surface area contributed by atoms with E-state index in [1.54, 1.807) is 0 Å². The third-order valence-corrected chi connectivity index (χ3v) is 2.70. The van der Waals surface area contributed by atoms with Crippen LogP contribution in [0.4, 0.5) is 13.2 Å². The highest BCUT2D eigenvalue weighted by atomic mass is 35.5. The van der Waals surface area contributed by atoms with Crippen LogP contribution in [0.2, 0.25) is 5.02 Å². The molecule has 98 valence electrons. The summed E-state index contributed by atoms with van der Waals surface area (Å²) < 4.78 is 40.8. The molecule has 0 saturated heterocycles. The van der Waals surface area contributed by atoms with E-state index in [1.165, 1.54) is 24.4 Å². The van der Waals surface area contributed by atoms with Crippen LogP contribution in [0.15, 0.2) is 24.4 Å². The summed E-state index contributed by atoms with van der Waals surface area (Å²) in [6.07, 6.45) is -3.10. The molecule has 0 N–H and O–H groups in total. The molecule has 0 bridgehead atoms. The molecule has 0 atom stereocenters. The van der Waals surface area contributed by atoms with Gasteiger partial charge < -0.3 is 4.74 Å². The van der Waals surface area contributed by atoms with Gasteiger partial charge in [-0.2, -0.15) is 18.4 Å². The van der Waals surface area contributed by atoms with Gasteiger partial charge in [-0.25, -0.2) is 0 Å². The Kier molecular flexibility index (Phi) is 3.49. The Bertz CT molecular complexity index is 664. The molecule has 0 radical (unpaired) electrons. The summed E-state index contributed by atoms with van der Waals surface area (Å²) in [4.78, 5) is 3.98. The second kappa shape index (κ2) is 4.94. The Morgan fingerprint density at radius 2 is 2.11 bits per heavy atom. The van der Waals surface area contributed by atoms with Crippen molar-refractivity contribution >= 4 is 22.5 Å². The molecule has 3 nitrogen and oxygen atoms in total. The number of nitrogens with zero attached hydrogens (tertiary/aromatic N) is 2. The van der Waals surface area contributed by atoms with Gasteiger partial charge in [0.25, 0.3) is 0 Å². The summed E-state index contributed by atoms with van der Waals surface area (Å²) in [6.45, 7) is -1.39. The van der Waals surface area contributed by atoms with E-state index in [0.717, 1.165) is 0 Å². The molecule has 2 rings (SSSR count). The van der Waals surface area contributed by atoms with Gasteiger partial charge in [-0.1, -0.05) is 11.6 Å². The van der Waals surface area contributed by atoms with Crippen LogP contribution in [-0.4, -0.2) is 17.8 Å². The fourth-order valence-electron chi connectivity index (χ4n) is 1.47. The van der Waals surface area contributed by atoms with E-state index in [9.17, 15) is 13.2 Å². The van der Waals surface area contributed by atoms with Crippen LogP contribution in [0.5, 0.6) is 5.75 Å². The average Bonchev–Trinajstić information content (AvgIpc) is 2.36. The number of aromatic nitrogens is 1. The standard InChI is InChI=1S/C12H6ClF3N2O/c13-11-7(4-17)5-18-10-2-1-8(3-9(10)11)19-6-12(14,15)16/h1-3,5H,6H2. The quantitative estimate of drug-likeness (QED) is 0.845. The first-order valence-electron chi connectivity index (χ1n) is 5.08. The fourth-order valence-corrected chi connectivity index (χ4v) is 1.71. The van der Waals surface area contributed by atoms with Gasteiger partial charge in [0.15, 0.2) is 6.61 Å². The van der Waals surface area contributed by atoms with Crippen LogP contribution in [0, 0.1) is 11.3 Å². The summed E-state index contributed by atoms with van der Waals surface area (Å²) in [7, 11) is 0. The van der Waals surface area contributed by atoms with Crippen LogP contribution in [0.1, 0.15) is 5.56 Å². The summed E-state index contributed by atoms with van der Waals surface area (Å²) in [6, 6.07) is 6.02. The minimum atomic E-state index is -4.41. The van der Waals surface area contributed by atoms with Gasteiger partial charge in [-0.05, 0) is 18.2 Å². The Morgan fingerprint density at radius 3 is 2.74 bits per heavy atom. The number of fused-ring (bicyclic) bond motifs is 1. The maximum Gasteiger partial charge on any atom is 0.422 e. The van der Waals surface area contributed by atoms with Crippen molar-refractivity contribution in [1.82, 2.24) is 4.98 Å². The molecule has 0 spiro atoms. The number of hydrogen-bond donors (Lipinski definition) is 0. The number of nitriles is 1. The van der Waals surface area contributed by atoms with Crippen molar-refractivity contribution in [3.05, 3.63) is 35.0 Å². The lowest BCUT2D eigenvalue weighted by Crippen LogP contribution is -2.19. The highest BCUT2D eigenvalue weighted by Gasteiger charge is 2.28. The van der Waals surface area contributed by atoms with Crippen molar-refractivity contribution in [2.75, 3.05) is 6.61 Å². The van der Waals surface area contributed by atoms with E-state index in [2.05, 4.69) is 9.72 Å². The zero-order valence-electron chi connectivity index (χ0n) is 9.33. The van der Waals surface area contributed by atoms with Gasteiger partial charge in [0.05, 0.1) is 16.1 Å². The number of alkyl halides is 3. The summed E-state index contributed by atoms with van der Waals surface area (Å²) in [5, 5.41) is 9.32. The van der Waals surface area contributed by atoms with Crippen molar-refractivity contribution in [2.45, 2.75) is 6.18 Å². The normalized spacial score (nSPS) is 11.3. The van der Waals surface area contributed by atoms with Gasteiger partial charge >= 0.3 is 6.18 Å². The summed E-state index contributed by atoms with van der Waals surface area (Å²) in [5.41, 5.74) is 0.630. The number of rotatable bonds is 2. The Hall–Kier alpha value is -2.00. The molecule has 0 amide bonds. The Morgan fingerprint density at radius 1 is 1.37 bits per heavy atom. The molecular formula is C12H6ClF3N2O. The smallest absolute Gasteiger partial charge is 0.422 e. The highest BCUT2D eigenvalue weighted by molar-refractivity contribution is 6.36. The lowest BCUT2D eigenvalue weighted by Gasteiger charge is -2.10. The molecule has 1 aromatic heterocycles. The van der Waals surface area contributed by atoms with Crippen LogP contribution in [0.25, 0.3) is 10.9 Å². The molecular weight excluding hydrogens is 281 g/mol. The van der Waals surface area contributed by atoms with Crippen molar-refractivity contribution in [1.29, 1.82) is 5.26 Å². The lowest BCUT2D eigenvalue weighted by molar-refractivity contribution is -0.153. The van der Waals surface area contributed by atoms with Gasteiger partial charge in [0.1, 0.15) is 11.8 Å². The van der Waals surface area contributed by atoms with E-state index in [0.29, 0.717) is 10.9 Å². The summed E-state index contributed by atoms with van der Waals surface area (Å²) in [5.74, 6) is 0.0172. The van der Waals surface area contributed by atoms with Crippen LogP contribution < -0.4 is 4.74 Å². The lowest BCUT2D eigenvalue weighted by atomic mass is 10.1. The molecule has 7 heteroatoms. The van der Waals surface area contributed by atoms with E-state index in [1.807, 2.05) is 6.07 Å². The minimum Gasteiger partial charge on any atom is -0.484 e.